The molecule has 0 radical (unpaired) electrons. The minimum Gasteiger partial charge on any atom is -0.435 e. The topological polar surface area (TPSA) is 50.8 Å². The molecule has 2 atom stereocenters. The predicted octanol–water partition coefficient (Wildman–Crippen LogP) is 4.28. The average Bonchev–Trinajstić information content (AvgIpc) is 2.62. The maximum absolute atomic E-state index is 13.0. The first-order valence-electron chi connectivity index (χ1n) is 8.78. The molecule has 0 bridgehead atoms. The molecule has 1 heterocycles. The van der Waals surface area contributed by atoms with Gasteiger partial charge in [-0.1, -0.05) is 12.1 Å². The minimum absolute atomic E-state index is 0.0137. The molecular weight excluding hydrogens is 354 g/mol. The SMILES string of the molecule is C[C@H]1CN(C(=O)c2ccccc2Nc2ccc(OC(F)F)cc2)C[C@H](C)O1. The van der Waals surface area contributed by atoms with E-state index in [1.54, 1.807) is 23.1 Å². The second-order valence-electron chi connectivity index (χ2n) is 6.54. The van der Waals surface area contributed by atoms with Gasteiger partial charge in [0.2, 0.25) is 0 Å². The summed E-state index contributed by atoms with van der Waals surface area (Å²) in [4.78, 5) is 14.8. The molecule has 1 aliphatic rings. The van der Waals surface area contributed by atoms with Crippen LogP contribution < -0.4 is 10.1 Å². The largest absolute Gasteiger partial charge is 0.435 e. The first-order valence-corrected chi connectivity index (χ1v) is 8.78. The number of benzene rings is 2. The zero-order chi connectivity index (χ0) is 19.4. The van der Waals surface area contributed by atoms with E-state index in [0.29, 0.717) is 30.0 Å². The zero-order valence-corrected chi connectivity index (χ0v) is 15.2. The van der Waals surface area contributed by atoms with Crippen molar-refractivity contribution in [2.75, 3.05) is 18.4 Å². The smallest absolute Gasteiger partial charge is 0.387 e. The van der Waals surface area contributed by atoms with Gasteiger partial charge in [0.25, 0.3) is 5.91 Å². The van der Waals surface area contributed by atoms with Gasteiger partial charge in [0.15, 0.2) is 0 Å². The van der Waals surface area contributed by atoms with E-state index >= 15 is 0 Å². The highest BCUT2D eigenvalue weighted by Crippen LogP contribution is 2.25. The van der Waals surface area contributed by atoms with E-state index in [0.717, 1.165) is 0 Å². The van der Waals surface area contributed by atoms with Gasteiger partial charge in [-0.3, -0.25) is 4.79 Å². The number of para-hydroxylation sites is 1. The van der Waals surface area contributed by atoms with E-state index in [2.05, 4.69) is 10.1 Å². The van der Waals surface area contributed by atoms with Crippen LogP contribution in [0.3, 0.4) is 0 Å². The normalized spacial score (nSPS) is 19.8. The van der Waals surface area contributed by atoms with Crippen molar-refractivity contribution in [3.05, 3.63) is 54.1 Å². The summed E-state index contributed by atoms with van der Waals surface area (Å²) in [5, 5.41) is 3.17. The summed E-state index contributed by atoms with van der Waals surface area (Å²) in [6, 6.07) is 13.4. The number of hydrogen-bond acceptors (Lipinski definition) is 4. The number of carbonyl (C=O) groups excluding carboxylic acids is 1. The van der Waals surface area contributed by atoms with Crippen molar-refractivity contribution in [1.82, 2.24) is 4.90 Å². The molecule has 1 N–H and O–H groups in total. The Hall–Kier alpha value is -2.67. The number of nitrogens with zero attached hydrogens (tertiary/aromatic N) is 1. The van der Waals surface area contributed by atoms with Crippen LogP contribution in [-0.4, -0.2) is 42.7 Å². The molecule has 0 aromatic heterocycles. The monoisotopic (exact) mass is 376 g/mol. The molecule has 144 valence electrons. The lowest BCUT2D eigenvalue weighted by Gasteiger charge is -2.35. The van der Waals surface area contributed by atoms with E-state index in [1.807, 2.05) is 32.0 Å². The lowest BCUT2D eigenvalue weighted by Crippen LogP contribution is -2.48. The van der Waals surface area contributed by atoms with Crippen molar-refractivity contribution >= 4 is 17.3 Å². The van der Waals surface area contributed by atoms with E-state index < -0.39 is 6.61 Å². The van der Waals surface area contributed by atoms with Gasteiger partial charge in [0.1, 0.15) is 5.75 Å². The predicted molar refractivity (Wildman–Crippen MR) is 98.7 cm³/mol. The molecule has 1 saturated heterocycles. The van der Waals surface area contributed by atoms with Crippen LogP contribution in [0.15, 0.2) is 48.5 Å². The van der Waals surface area contributed by atoms with Gasteiger partial charge in [-0.2, -0.15) is 8.78 Å². The Morgan fingerprint density at radius 2 is 1.74 bits per heavy atom. The van der Waals surface area contributed by atoms with Crippen LogP contribution in [0.2, 0.25) is 0 Å². The number of ether oxygens (including phenoxy) is 2. The summed E-state index contributed by atoms with van der Waals surface area (Å²) < 4.78 is 34.5. The van der Waals surface area contributed by atoms with Crippen molar-refractivity contribution in [3.63, 3.8) is 0 Å². The number of hydrogen-bond donors (Lipinski definition) is 1. The molecule has 2 aromatic carbocycles. The number of nitrogens with one attached hydrogen (secondary N) is 1. The fourth-order valence-electron chi connectivity index (χ4n) is 3.17. The summed E-state index contributed by atoms with van der Waals surface area (Å²) in [6.45, 7) is 2.11. The third-order valence-electron chi connectivity index (χ3n) is 4.22. The van der Waals surface area contributed by atoms with Gasteiger partial charge in [0.05, 0.1) is 23.5 Å². The highest BCUT2D eigenvalue weighted by molar-refractivity contribution is 6.00. The van der Waals surface area contributed by atoms with Crippen LogP contribution in [0, 0.1) is 0 Å². The van der Waals surface area contributed by atoms with Crippen molar-refractivity contribution in [3.8, 4) is 5.75 Å². The van der Waals surface area contributed by atoms with Gasteiger partial charge >= 0.3 is 6.61 Å². The number of amides is 1. The molecule has 5 nitrogen and oxygen atoms in total. The number of alkyl halides is 2. The van der Waals surface area contributed by atoms with Gasteiger partial charge < -0.3 is 19.7 Å². The number of halogens is 2. The summed E-state index contributed by atoms with van der Waals surface area (Å²) in [6.07, 6.45) is -0.0274. The van der Waals surface area contributed by atoms with Crippen LogP contribution in [0.4, 0.5) is 20.2 Å². The molecule has 1 aliphatic heterocycles. The van der Waals surface area contributed by atoms with Crippen LogP contribution in [0.1, 0.15) is 24.2 Å². The van der Waals surface area contributed by atoms with E-state index in [-0.39, 0.29) is 23.9 Å². The fraction of sp³-hybridized carbons (Fsp3) is 0.350. The Balaban J connectivity index is 1.76. The van der Waals surface area contributed by atoms with Crippen LogP contribution in [0.25, 0.3) is 0 Å². The molecule has 3 rings (SSSR count). The summed E-state index contributed by atoms with van der Waals surface area (Å²) >= 11 is 0. The Bertz CT molecular complexity index is 773. The van der Waals surface area contributed by atoms with E-state index in [1.165, 1.54) is 12.1 Å². The van der Waals surface area contributed by atoms with Crippen molar-refractivity contribution in [1.29, 1.82) is 0 Å². The summed E-state index contributed by atoms with van der Waals surface area (Å²) in [7, 11) is 0. The van der Waals surface area contributed by atoms with E-state index in [9.17, 15) is 13.6 Å². The molecule has 1 amide bonds. The number of anilines is 2. The Morgan fingerprint density at radius 3 is 2.37 bits per heavy atom. The molecule has 7 heteroatoms. The number of morpholine rings is 1. The second-order valence-corrected chi connectivity index (χ2v) is 6.54. The highest BCUT2D eigenvalue weighted by atomic mass is 19.3. The molecule has 0 spiro atoms. The van der Waals surface area contributed by atoms with Crippen LogP contribution in [-0.2, 0) is 4.74 Å². The molecule has 0 aliphatic carbocycles. The third-order valence-corrected chi connectivity index (χ3v) is 4.22. The Morgan fingerprint density at radius 1 is 1.11 bits per heavy atom. The highest BCUT2D eigenvalue weighted by Gasteiger charge is 2.27. The zero-order valence-electron chi connectivity index (χ0n) is 15.2. The van der Waals surface area contributed by atoms with Crippen molar-refractivity contribution < 1.29 is 23.0 Å². The van der Waals surface area contributed by atoms with Crippen LogP contribution in [0.5, 0.6) is 5.75 Å². The van der Waals surface area contributed by atoms with Gasteiger partial charge in [-0.25, -0.2) is 0 Å². The lowest BCUT2D eigenvalue weighted by atomic mass is 10.1. The quantitative estimate of drug-likeness (QED) is 0.846. The Kier molecular flexibility index (Phi) is 5.91. The Labute approximate surface area is 156 Å². The maximum atomic E-state index is 13.0. The van der Waals surface area contributed by atoms with Crippen molar-refractivity contribution in [2.45, 2.75) is 32.7 Å². The summed E-state index contributed by atoms with van der Waals surface area (Å²) in [5.74, 6) is 0.00829. The number of rotatable bonds is 5. The molecule has 27 heavy (non-hydrogen) atoms. The second kappa shape index (κ2) is 8.35. The van der Waals surface area contributed by atoms with Crippen molar-refractivity contribution in [2.24, 2.45) is 0 Å². The number of carbonyl (C=O) groups is 1. The molecule has 0 saturated carbocycles. The fourth-order valence-corrected chi connectivity index (χ4v) is 3.17. The maximum Gasteiger partial charge on any atom is 0.387 e. The van der Waals surface area contributed by atoms with Gasteiger partial charge in [-0.05, 0) is 50.2 Å². The third kappa shape index (κ3) is 4.95. The first-order chi connectivity index (χ1) is 12.9. The van der Waals surface area contributed by atoms with Gasteiger partial charge in [-0.15, -0.1) is 0 Å². The van der Waals surface area contributed by atoms with Crippen LogP contribution >= 0.6 is 0 Å². The molecule has 0 unspecified atom stereocenters. The molecule has 1 fully saturated rings. The minimum atomic E-state index is -2.86. The standard InChI is InChI=1S/C20H22F2N2O3/c1-13-11-24(12-14(2)26-13)19(25)17-5-3-4-6-18(17)23-15-7-9-16(10-8-15)27-20(21)22/h3-10,13-14,20,23H,11-12H2,1-2H3/t13-,14-/m0/s1. The van der Waals surface area contributed by atoms with E-state index in [4.69, 9.17) is 4.74 Å². The summed E-state index contributed by atoms with van der Waals surface area (Å²) in [5.41, 5.74) is 1.86. The molecule has 2 aromatic rings. The first kappa shape index (κ1) is 19.1. The molecular formula is C20H22F2N2O3. The average molecular weight is 376 g/mol. The van der Waals surface area contributed by atoms with Gasteiger partial charge in [0, 0.05) is 18.8 Å². The lowest BCUT2D eigenvalue weighted by molar-refractivity contribution is -0.0585.